The molecule has 0 radical (unpaired) electrons. The van der Waals surface area contributed by atoms with Crippen molar-refractivity contribution in [2.75, 3.05) is 32.7 Å². The summed E-state index contributed by atoms with van der Waals surface area (Å²) in [6, 6.07) is 13.6. The number of H-pyrrole nitrogens is 1. The van der Waals surface area contributed by atoms with Crippen LogP contribution in [0.3, 0.4) is 0 Å². The van der Waals surface area contributed by atoms with E-state index in [0.717, 1.165) is 33.9 Å². The zero-order valence-corrected chi connectivity index (χ0v) is 20.0. The molecule has 3 aromatic heterocycles. The Bertz CT molecular complexity index is 1390. The predicted molar refractivity (Wildman–Crippen MR) is 137 cm³/mol. The van der Waals surface area contributed by atoms with Crippen molar-refractivity contribution in [2.45, 2.75) is 6.54 Å². The molecule has 0 unspecified atom stereocenters. The number of thiophene rings is 2. The van der Waals surface area contributed by atoms with Gasteiger partial charge < -0.3 is 15.2 Å². The van der Waals surface area contributed by atoms with Gasteiger partial charge in [-0.15, -0.1) is 22.7 Å². The molecule has 0 aliphatic carbocycles. The van der Waals surface area contributed by atoms with Crippen LogP contribution in [0.4, 0.5) is 4.79 Å². The third-order valence-electron chi connectivity index (χ3n) is 5.65. The molecule has 2 amide bonds. The molecule has 9 heteroatoms. The Morgan fingerprint density at radius 2 is 1.91 bits per heavy atom. The Hall–Kier alpha value is -3.45. The number of piperazine rings is 1. The fraction of sp³-hybridized carbons (Fsp3) is 0.240. The molecule has 1 aliphatic heterocycles. The number of hydrogen-bond acceptors (Lipinski definition) is 6. The maximum absolute atomic E-state index is 12.8. The van der Waals surface area contributed by atoms with Gasteiger partial charge in [0, 0.05) is 47.6 Å². The van der Waals surface area contributed by atoms with Crippen LogP contribution in [0, 0.1) is 11.8 Å². The Morgan fingerprint density at radius 1 is 1.09 bits per heavy atom. The number of nitrogens with one attached hydrogen (secondary N) is 2. The highest BCUT2D eigenvalue weighted by Gasteiger charge is 2.22. The van der Waals surface area contributed by atoms with Crippen LogP contribution in [-0.4, -0.2) is 58.5 Å². The number of benzene rings is 1. The van der Waals surface area contributed by atoms with Crippen LogP contribution < -0.4 is 10.9 Å². The van der Waals surface area contributed by atoms with E-state index >= 15 is 0 Å². The van der Waals surface area contributed by atoms with Crippen LogP contribution in [0.1, 0.15) is 11.4 Å². The number of hydrogen-bond donors (Lipinski definition) is 2. The van der Waals surface area contributed by atoms with Gasteiger partial charge in [0.2, 0.25) is 0 Å². The van der Waals surface area contributed by atoms with Gasteiger partial charge in [-0.25, -0.2) is 9.78 Å². The van der Waals surface area contributed by atoms with Crippen molar-refractivity contribution in [1.29, 1.82) is 0 Å². The van der Waals surface area contributed by atoms with Gasteiger partial charge >= 0.3 is 6.03 Å². The predicted octanol–water partition coefficient (Wildman–Crippen LogP) is 3.59. The number of nitrogens with zero attached hydrogens (tertiary/aromatic N) is 3. The number of urea groups is 1. The molecule has 0 atom stereocenters. The summed E-state index contributed by atoms with van der Waals surface area (Å²) in [4.78, 5) is 38.7. The lowest BCUT2D eigenvalue weighted by Crippen LogP contribution is -2.51. The molecule has 4 aromatic rings. The zero-order valence-electron chi connectivity index (χ0n) is 18.4. The van der Waals surface area contributed by atoms with Gasteiger partial charge in [0.1, 0.15) is 10.7 Å². The lowest BCUT2D eigenvalue weighted by Gasteiger charge is -2.34. The first kappa shape index (κ1) is 22.3. The van der Waals surface area contributed by atoms with Crippen molar-refractivity contribution in [1.82, 2.24) is 25.1 Å². The van der Waals surface area contributed by atoms with Crippen molar-refractivity contribution in [3.05, 3.63) is 75.0 Å². The summed E-state index contributed by atoms with van der Waals surface area (Å²) in [6.07, 6.45) is 0. The van der Waals surface area contributed by atoms with Crippen LogP contribution in [0.2, 0.25) is 0 Å². The van der Waals surface area contributed by atoms with E-state index in [1.54, 1.807) is 16.2 Å². The summed E-state index contributed by atoms with van der Waals surface area (Å²) in [6.45, 7) is 3.53. The van der Waals surface area contributed by atoms with E-state index in [-0.39, 0.29) is 11.6 Å². The van der Waals surface area contributed by atoms with Gasteiger partial charge in [-0.05, 0) is 23.6 Å². The lowest BCUT2D eigenvalue weighted by molar-refractivity contribution is 0.134. The maximum Gasteiger partial charge on any atom is 0.318 e. The van der Waals surface area contributed by atoms with Crippen molar-refractivity contribution in [3.63, 3.8) is 0 Å². The Labute approximate surface area is 205 Å². The normalized spacial score (nSPS) is 14.1. The standard InChI is InChI=1S/C25H23N5O2S2/c31-23-22-19(20-9-5-15-33-20)17-34-24(22)28-21(27-23)16-29-11-13-30(14-12-29)25(32)26-10-4-8-18-6-2-1-3-7-18/h1-3,5-7,9,15,17H,10-14,16H2,(H,26,32)(H,27,28,31). The Kier molecular flexibility index (Phi) is 6.72. The van der Waals surface area contributed by atoms with Crippen LogP contribution in [0.25, 0.3) is 20.7 Å². The molecule has 1 aromatic carbocycles. The van der Waals surface area contributed by atoms with E-state index in [4.69, 9.17) is 4.98 Å². The molecule has 7 nitrogen and oxygen atoms in total. The van der Waals surface area contributed by atoms with Crippen molar-refractivity contribution in [2.24, 2.45) is 0 Å². The molecule has 172 valence electrons. The van der Waals surface area contributed by atoms with Gasteiger partial charge in [0.05, 0.1) is 18.5 Å². The van der Waals surface area contributed by atoms with Crippen molar-refractivity contribution in [3.8, 4) is 22.3 Å². The van der Waals surface area contributed by atoms with Crippen LogP contribution in [0.15, 0.2) is 58.0 Å². The van der Waals surface area contributed by atoms with Gasteiger partial charge in [-0.2, -0.15) is 0 Å². The molecule has 0 spiro atoms. The summed E-state index contributed by atoms with van der Waals surface area (Å²) in [5.41, 5.74) is 1.78. The minimum Gasteiger partial charge on any atom is -0.327 e. The molecular formula is C25H23N5O2S2. The molecule has 5 rings (SSSR count). The average molecular weight is 490 g/mol. The number of rotatable bonds is 4. The monoisotopic (exact) mass is 489 g/mol. The number of carbonyl (C=O) groups is 1. The summed E-state index contributed by atoms with van der Waals surface area (Å²) in [5.74, 6) is 6.68. The number of amides is 2. The van der Waals surface area contributed by atoms with Crippen molar-refractivity contribution >= 4 is 38.9 Å². The maximum atomic E-state index is 12.8. The second-order valence-electron chi connectivity index (χ2n) is 7.91. The molecule has 0 saturated carbocycles. The highest BCUT2D eigenvalue weighted by molar-refractivity contribution is 7.18. The third-order valence-corrected chi connectivity index (χ3v) is 7.42. The molecule has 1 aliphatic rings. The summed E-state index contributed by atoms with van der Waals surface area (Å²) in [7, 11) is 0. The van der Waals surface area contributed by atoms with E-state index in [2.05, 4.69) is 27.0 Å². The topological polar surface area (TPSA) is 81.3 Å². The van der Waals surface area contributed by atoms with E-state index in [9.17, 15) is 9.59 Å². The summed E-state index contributed by atoms with van der Waals surface area (Å²) in [5, 5.41) is 7.54. The zero-order chi connectivity index (χ0) is 23.3. The minimum atomic E-state index is -0.102. The molecule has 34 heavy (non-hydrogen) atoms. The van der Waals surface area contributed by atoms with Gasteiger partial charge in [0.15, 0.2) is 0 Å². The molecular weight excluding hydrogens is 466 g/mol. The van der Waals surface area contributed by atoms with Crippen LogP contribution in [-0.2, 0) is 6.54 Å². The van der Waals surface area contributed by atoms with Gasteiger partial charge in [0.25, 0.3) is 5.56 Å². The molecule has 2 N–H and O–H groups in total. The van der Waals surface area contributed by atoms with E-state index in [1.165, 1.54) is 11.3 Å². The number of carbonyl (C=O) groups excluding carboxylic acids is 1. The fourth-order valence-electron chi connectivity index (χ4n) is 3.90. The second-order valence-corrected chi connectivity index (χ2v) is 9.71. The van der Waals surface area contributed by atoms with Gasteiger partial charge in [-0.1, -0.05) is 36.1 Å². The quantitative estimate of drug-likeness (QED) is 0.430. The van der Waals surface area contributed by atoms with E-state index in [0.29, 0.717) is 37.4 Å². The van der Waals surface area contributed by atoms with E-state index < -0.39 is 0 Å². The first-order valence-corrected chi connectivity index (χ1v) is 12.8. The number of aromatic nitrogens is 2. The fourth-order valence-corrected chi connectivity index (χ4v) is 5.68. The Morgan fingerprint density at radius 3 is 2.68 bits per heavy atom. The molecule has 1 saturated heterocycles. The van der Waals surface area contributed by atoms with Crippen molar-refractivity contribution < 1.29 is 4.79 Å². The highest BCUT2D eigenvalue weighted by Crippen LogP contribution is 2.33. The lowest BCUT2D eigenvalue weighted by atomic mass is 10.2. The van der Waals surface area contributed by atoms with Crippen LogP contribution in [0.5, 0.6) is 0 Å². The molecule has 0 bridgehead atoms. The number of aromatic amines is 1. The Balaban J connectivity index is 1.15. The second kappa shape index (κ2) is 10.2. The molecule has 4 heterocycles. The van der Waals surface area contributed by atoms with Gasteiger partial charge in [-0.3, -0.25) is 9.69 Å². The average Bonchev–Trinajstić information content (AvgIpc) is 3.53. The van der Waals surface area contributed by atoms with E-state index in [1.807, 2.05) is 53.2 Å². The summed E-state index contributed by atoms with van der Waals surface area (Å²) >= 11 is 3.12. The number of fused-ring (bicyclic) bond motifs is 1. The van der Waals surface area contributed by atoms with Crippen LogP contribution >= 0.6 is 22.7 Å². The SMILES string of the molecule is O=C(NCC#Cc1ccccc1)N1CCN(Cc2nc3scc(-c4cccs4)c3c(=O)[nH]2)CC1. The smallest absolute Gasteiger partial charge is 0.318 e. The first-order valence-electron chi connectivity index (χ1n) is 11.0. The summed E-state index contributed by atoms with van der Waals surface area (Å²) < 4.78 is 0. The largest absolute Gasteiger partial charge is 0.327 e. The highest BCUT2D eigenvalue weighted by atomic mass is 32.1. The molecule has 1 fully saturated rings. The first-order chi connectivity index (χ1) is 16.7. The third kappa shape index (κ3) is 5.04. The minimum absolute atomic E-state index is 0.0979.